The Morgan fingerprint density at radius 2 is 2.15 bits per heavy atom. The molecular weight excluding hydrogens is 252 g/mol. The van der Waals surface area contributed by atoms with E-state index in [9.17, 15) is 4.79 Å². The monoisotopic (exact) mass is 278 g/mol. The number of aryl methyl sites for hydroxylation is 1. The van der Waals surface area contributed by atoms with E-state index in [1.54, 1.807) is 7.05 Å². The van der Waals surface area contributed by atoms with Gasteiger partial charge in [0.25, 0.3) is 0 Å². The third-order valence-electron chi connectivity index (χ3n) is 3.67. The van der Waals surface area contributed by atoms with E-state index >= 15 is 0 Å². The SMILES string of the molecule is CCOC(=O)C(C)(CCN(C)c1cccc(C)c1)NC. The first kappa shape index (κ1) is 16.5. The average molecular weight is 278 g/mol. The molecule has 4 heteroatoms. The smallest absolute Gasteiger partial charge is 0.326 e. The summed E-state index contributed by atoms with van der Waals surface area (Å²) in [5.74, 6) is -0.194. The molecule has 0 aromatic heterocycles. The summed E-state index contributed by atoms with van der Waals surface area (Å²) in [5, 5.41) is 3.08. The van der Waals surface area contributed by atoms with Gasteiger partial charge in [-0.1, -0.05) is 12.1 Å². The van der Waals surface area contributed by atoms with Crippen molar-refractivity contribution in [3.63, 3.8) is 0 Å². The minimum absolute atomic E-state index is 0.194. The third kappa shape index (κ3) is 4.23. The molecular formula is C16H26N2O2. The van der Waals surface area contributed by atoms with Gasteiger partial charge in [0, 0.05) is 19.3 Å². The summed E-state index contributed by atoms with van der Waals surface area (Å²) in [4.78, 5) is 14.2. The van der Waals surface area contributed by atoms with Crippen LogP contribution in [0.1, 0.15) is 25.8 Å². The second-order valence-electron chi connectivity index (χ2n) is 5.31. The van der Waals surface area contributed by atoms with E-state index in [-0.39, 0.29) is 5.97 Å². The molecule has 0 bridgehead atoms. The summed E-state index contributed by atoms with van der Waals surface area (Å²) in [6, 6.07) is 8.34. The van der Waals surface area contributed by atoms with E-state index in [2.05, 4.69) is 35.3 Å². The zero-order chi connectivity index (χ0) is 15.2. The largest absolute Gasteiger partial charge is 0.465 e. The fraction of sp³-hybridized carbons (Fsp3) is 0.562. The van der Waals surface area contributed by atoms with Crippen LogP contribution in [0.25, 0.3) is 0 Å². The zero-order valence-corrected chi connectivity index (χ0v) is 13.2. The quantitative estimate of drug-likeness (QED) is 0.778. The minimum atomic E-state index is -0.645. The predicted octanol–water partition coefficient (Wildman–Crippen LogP) is 2.36. The van der Waals surface area contributed by atoms with Gasteiger partial charge in [-0.15, -0.1) is 0 Å². The Balaban J connectivity index is 2.66. The molecule has 1 unspecified atom stereocenters. The van der Waals surface area contributed by atoms with Gasteiger partial charge in [0.05, 0.1) is 6.61 Å². The Morgan fingerprint density at radius 3 is 2.70 bits per heavy atom. The summed E-state index contributed by atoms with van der Waals surface area (Å²) in [6.07, 6.45) is 0.687. The van der Waals surface area contributed by atoms with Crippen molar-refractivity contribution in [3.8, 4) is 0 Å². The first-order valence-corrected chi connectivity index (χ1v) is 7.07. The molecule has 0 amide bonds. The maximum Gasteiger partial charge on any atom is 0.326 e. The molecule has 0 saturated heterocycles. The summed E-state index contributed by atoms with van der Waals surface area (Å²) in [5.41, 5.74) is 1.75. The van der Waals surface area contributed by atoms with Crippen LogP contribution in [0.2, 0.25) is 0 Å². The third-order valence-corrected chi connectivity index (χ3v) is 3.67. The number of hydrogen-bond donors (Lipinski definition) is 1. The fourth-order valence-electron chi connectivity index (χ4n) is 2.01. The molecule has 4 nitrogen and oxygen atoms in total. The van der Waals surface area contributed by atoms with Crippen molar-refractivity contribution in [1.29, 1.82) is 0 Å². The van der Waals surface area contributed by atoms with E-state index in [0.29, 0.717) is 13.0 Å². The molecule has 0 radical (unpaired) electrons. The van der Waals surface area contributed by atoms with Gasteiger partial charge < -0.3 is 15.0 Å². The molecule has 1 rings (SSSR count). The second-order valence-corrected chi connectivity index (χ2v) is 5.31. The number of benzene rings is 1. The molecule has 1 aromatic rings. The molecule has 20 heavy (non-hydrogen) atoms. The summed E-state index contributed by atoms with van der Waals surface area (Å²) in [7, 11) is 3.83. The normalized spacial score (nSPS) is 13.7. The van der Waals surface area contributed by atoms with Crippen LogP contribution in [0, 0.1) is 6.92 Å². The van der Waals surface area contributed by atoms with Crippen molar-refractivity contribution in [2.24, 2.45) is 0 Å². The molecule has 1 atom stereocenters. The standard InChI is InChI=1S/C16H26N2O2/c1-6-20-15(19)16(3,17-4)10-11-18(5)14-9-7-8-13(2)12-14/h7-9,12,17H,6,10-11H2,1-5H3. The van der Waals surface area contributed by atoms with E-state index in [4.69, 9.17) is 4.74 Å². The Hall–Kier alpha value is -1.55. The van der Waals surface area contributed by atoms with Gasteiger partial charge in [0.2, 0.25) is 0 Å². The first-order chi connectivity index (χ1) is 9.42. The van der Waals surface area contributed by atoms with Crippen molar-refractivity contribution in [2.75, 3.05) is 32.1 Å². The molecule has 0 saturated carbocycles. The molecule has 112 valence electrons. The number of nitrogens with one attached hydrogen (secondary N) is 1. The van der Waals surface area contributed by atoms with Gasteiger partial charge in [-0.05, 0) is 51.9 Å². The number of rotatable bonds is 7. The van der Waals surface area contributed by atoms with Crippen LogP contribution in [0.3, 0.4) is 0 Å². The number of likely N-dealkylation sites (N-methyl/N-ethyl adjacent to an activating group) is 1. The topological polar surface area (TPSA) is 41.6 Å². The highest BCUT2D eigenvalue weighted by Crippen LogP contribution is 2.18. The van der Waals surface area contributed by atoms with Gasteiger partial charge in [-0.3, -0.25) is 4.79 Å². The van der Waals surface area contributed by atoms with Crippen molar-refractivity contribution in [1.82, 2.24) is 5.32 Å². The van der Waals surface area contributed by atoms with Gasteiger partial charge >= 0.3 is 5.97 Å². The molecule has 1 aromatic carbocycles. The lowest BCUT2D eigenvalue weighted by atomic mass is 9.98. The van der Waals surface area contributed by atoms with Crippen LogP contribution in [0.15, 0.2) is 24.3 Å². The van der Waals surface area contributed by atoms with Crippen molar-refractivity contribution < 1.29 is 9.53 Å². The van der Waals surface area contributed by atoms with E-state index < -0.39 is 5.54 Å². The van der Waals surface area contributed by atoms with Crippen LogP contribution >= 0.6 is 0 Å². The number of anilines is 1. The number of hydrogen-bond acceptors (Lipinski definition) is 4. The zero-order valence-electron chi connectivity index (χ0n) is 13.2. The Labute approximate surface area is 122 Å². The average Bonchev–Trinajstić information content (AvgIpc) is 2.44. The molecule has 0 aliphatic heterocycles. The number of ether oxygens (including phenoxy) is 1. The molecule has 0 aliphatic rings. The highest BCUT2D eigenvalue weighted by molar-refractivity contribution is 5.80. The molecule has 1 N–H and O–H groups in total. The minimum Gasteiger partial charge on any atom is -0.465 e. The summed E-state index contributed by atoms with van der Waals surface area (Å²) < 4.78 is 5.14. The van der Waals surface area contributed by atoms with E-state index in [1.807, 2.05) is 27.0 Å². The lowest BCUT2D eigenvalue weighted by Gasteiger charge is -2.29. The lowest BCUT2D eigenvalue weighted by molar-refractivity contribution is -0.150. The van der Waals surface area contributed by atoms with Crippen molar-refractivity contribution >= 4 is 11.7 Å². The molecule has 0 heterocycles. The maximum absolute atomic E-state index is 12.0. The predicted molar refractivity (Wildman–Crippen MR) is 83.2 cm³/mol. The highest BCUT2D eigenvalue weighted by Gasteiger charge is 2.32. The number of carbonyl (C=O) groups is 1. The second kappa shape index (κ2) is 7.29. The number of carbonyl (C=O) groups excluding carboxylic acids is 1. The van der Waals surface area contributed by atoms with E-state index in [0.717, 1.165) is 12.2 Å². The van der Waals surface area contributed by atoms with Crippen LogP contribution in [-0.2, 0) is 9.53 Å². The Kier molecular flexibility index (Phi) is 6.02. The highest BCUT2D eigenvalue weighted by atomic mass is 16.5. The number of esters is 1. The summed E-state index contributed by atoms with van der Waals surface area (Å²) >= 11 is 0. The van der Waals surface area contributed by atoms with Crippen molar-refractivity contribution in [3.05, 3.63) is 29.8 Å². The molecule has 0 fully saturated rings. The molecule has 0 spiro atoms. The Morgan fingerprint density at radius 1 is 1.45 bits per heavy atom. The number of nitrogens with zero attached hydrogens (tertiary/aromatic N) is 1. The molecule has 0 aliphatic carbocycles. The van der Waals surface area contributed by atoms with Crippen LogP contribution in [0.5, 0.6) is 0 Å². The van der Waals surface area contributed by atoms with Crippen LogP contribution in [-0.4, -0.2) is 38.8 Å². The first-order valence-electron chi connectivity index (χ1n) is 7.07. The van der Waals surface area contributed by atoms with E-state index in [1.165, 1.54) is 5.56 Å². The van der Waals surface area contributed by atoms with Crippen molar-refractivity contribution in [2.45, 2.75) is 32.7 Å². The summed E-state index contributed by atoms with van der Waals surface area (Å²) in [6.45, 7) is 6.97. The van der Waals surface area contributed by atoms with Crippen LogP contribution in [0.4, 0.5) is 5.69 Å². The Bertz CT molecular complexity index is 448. The van der Waals surface area contributed by atoms with Gasteiger partial charge in [-0.25, -0.2) is 0 Å². The van der Waals surface area contributed by atoms with Crippen LogP contribution < -0.4 is 10.2 Å². The lowest BCUT2D eigenvalue weighted by Crippen LogP contribution is -2.50. The van der Waals surface area contributed by atoms with Gasteiger partial charge in [0.1, 0.15) is 5.54 Å². The maximum atomic E-state index is 12.0. The van der Waals surface area contributed by atoms with Gasteiger partial charge in [0.15, 0.2) is 0 Å². The van der Waals surface area contributed by atoms with Gasteiger partial charge in [-0.2, -0.15) is 0 Å². The fourth-order valence-corrected chi connectivity index (χ4v) is 2.01.